The van der Waals surface area contributed by atoms with Crippen molar-refractivity contribution in [2.45, 2.75) is 0 Å². The molecule has 1 aromatic carbocycles. The molecule has 0 unspecified atom stereocenters. The van der Waals surface area contributed by atoms with E-state index in [1.165, 1.54) is 0 Å². The minimum atomic E-state index is 0.0142. The van der Waals surface area contributed by atoms with Crippen molar-refractivity contribution in [2.75, 3.05) is 40.3 Å². The number of aromatic nitrogens is 2. The molecule has 6 nitrogen and oxygen atoms in total. The highest BCUT2D eigenvalue weighted by molar-refractivity contribution is 5.93. The maximum atomic E-state index is 12.5. The van der Waals surface area contributed by atoms with Gasteiger partial charge in [0.25, 0.3) is 5.91 Å². The van der Waals surface area contributed by atoms with E-state index in [-0.39, 0.29) is 5.91 Å². The van der Waals surface area contributed by atoms with Crippen molar-refractivity contribution in [3.8, 4) is 17.0 Å². The molecule has 0 radical (unpaired) electrons. The van der Waals surface area contributed by atoms with Gasteiger partial charge in [-0.05, 0) is 37.4 Å². The molecule has 1 aliphatic rings. The van der Waals surface area contributed by atoms with E-state index in [2.05, 4.69) is 22.1 Å². The van der Waals surface area contributed by atoms with Crippen LogP contribution in [0.2, 0.25) is 0 Å². The molecule has 1 N–H and O–H groups in total. The van der Waals surface area contributed by atoms with Crippen molar-refractivity contribution >= 4 is 5.91 Å². The number of ether oxygens (including phenoxy) is 1. The fourth-order valence-corrected chi connectivity index (χ4v) is 2.52. The Labute approximate surface area is 129 Å². The zero-order chi connectivity index (χ0) is 15.5. The number of likely N-dealkylation sites (N-methyl/N-ethyl adjacent to an activating group) is 1. The van der Waals surface area contributed by atoms with Crippen LogP contribution in [0.25, 0.3) is 11.3 Å². The van der Waals surface area contributed by atoms with Crippen LogP contribution in [0.1, 0.15) is 10.5 Å². The van der Waals surface area contributed by atoms with Gasteiger partial charge < -0.3 is 14.5 Å². The number of H-pyrrole nitrogens is 1. The highest BCUT2D eigenvalue weighted by atomic mass is 16.5. The predicted molar refractivity (Wildman–Crippen MR) is 84.0 cm³/mol. The van der Waals surface area contributed by atoms with Crippen LogP contribution in [0.3, 0.4) is 0 Å². The summed E-state index contributed by atoms with van der Waals surface area (Å²) in [5.74, 6) is 0.813. The average molecular weight is 300 g/mol. The lowest BCUT2D eigenvalue weighted by molar-refractivity contribution is 0.0658. The molecule has 6 heteroatoms. The van der Waals surface area contributed by atoms with Gasteiger partial charge in [0, 0.05) is 31.7 Å². The summed E-state index contributed by atoms with van der Waals surface area (Å²) in [4.78, 5) is 16.6. The molecule has 0 atom stereocenters. The number of methoxy groups -OCH3 is 1. The van der Waals surface area contributed by atoms with E-state index in [0.29, 0.717) is 5.69 Å². The first-order chi connectivity index (χ1) is 10.7. The summed E-state index contributed by atoms with van der Waals surface area (Å²) in [6.07, 6.45) is 0. The number of nitrogens with one attached hydrogen (secondary N) is 1. The van der Waals surface area contributed by atoms with Gasteiger partial charge in [0.2, 0.25) is 0 Å². The van der Waals surface area contributed by atoms with Crippen LogP contribution in [0.4, 0.5) is 0 Å². The Balaban J connectivity index is 1.73. The Bertz CT molecular complexity index is 642. The summed E-state index contributed by atoms with van der Waals surface area (Å²) in [5.41, 5.74) is 2.25. The van der Waals surface area contributed by atoms with Crippen molar-refractivity contribution in [3.63, 3.8) is 0 Å². The smallest absolute Gasteiger partial charge is 0.271 e. The van der Waals surface area contributed by atoms with Gasteiger partial charge in [-0.1, -0.05) is 0 Å². The molecule has 0 spiro atoms. The first-order valence-electron chi connectivity index (χ1n) is 7.35. The Morgan fingerprint density at radius 3 is 2.50 bits per heavy atom. The van der Waals surface area contributed by atoms with Gasteiger partial charge in [-0.25, -0.2) is 0 Å². The lowest BCUT2D eigenvalue weighted by atomic mass is 10.1. The number of nitrogens with zero attached hydrogens (tertiary/aromatic N) is 3. The van der Waals surface area contributed by atoms with E-state index in [0.717, 1.165) is 43.2 Å². The normalized spacial score (nSPS) is 15.8. The molecule has 2 heterocycles. The number of benzene rings is 1. The quantitative estimate of drug-likeness (QED) is 0.932. The van der Waals surface area contributed by atoms with Crippen molar-refractivity contribution < 1.29 is 9.53 Å². The fraction of sp³-hybridized carbons (Fsp3) is 0.375. The largest absolute Gasteiger partial charge is 0.497 e. The van der Waals surface area contributed by atoms with Crippen LogP contribution in [0, 0.1) is 0 Å². The number of amides is 1. The molecule has 22 heavy (non-hydrogen) atoms. The van der Waals surface area contributed by atoms with Crippen molar-refractivity contribution in [1.29, 1.82) is 0 Å². The third-order valence-corrected chi connectivity index (χ3v) is 3.98. The molecular formula is C16H20N4O2. The minimum absolute atomic E-state index is 0.0142. The van der Waals surface area contributed by atoms with Crippen LogP contribution >= 0.6 is 0 Å². The second-order valence-electron chi connectivity index (χ2n) is 5.49. The highest BCUT2D eigenvalue weighted by Crippen LogP contribution is 2.21. The van der Waals surface area contributed by atoms with Crippen LogP contribution in [-0.2, 0) is 0 Å². The van der Waals surface area contributed by atoms with Crippen LogP contribution in [-0.4, -0.2) is 66.2 Å². The van der Waals surface area contributed by atoms with E-state index < -0.39 is 0 Å². The number of hydrogen-bond donors (Lipinski definition) is 1. The molecule has 3 rings (SSSR count). The lowest BCUT2D eigenvalue weighted by Crippen LogP contribution is -2.47. The number of aromatic amines is 1. The molecule has 0 bridgehead atoms. The van der Waals surface area contributed by atoms with Crippen LogP contribution in [0.5, 0.6) is 5.75 Å². The van der Waals surface area contributed by atoms with E-state index >= 15 is 0 Å². The molecule has 1 aromatic heterocycles. The van der Waals surface area contributed by atoms with Crippen molar-refractivity contribution in [3.05, 3.63) is 36.0 Å². The Hall–Kier alpha value is -2.34. The monoisotopic (exact) mass is 300 g/mol. The molecule has 1 amide bonds. The van der Waals surface area contributed by atoms with E-state index in [4.69, 9.17) is 4.74 Å². The number of carbonyl (C=O) groups excluding carboxylic acids is 1. The van der Waals surface area contributed by atoms with E-state index in [9.17, 15) is 4.79 Å². The molecular weight excluding hydrogens is 280 g/mol. The summed E-state index contributed by atoms with van der Waals surface area (Å²) in [6, 6.07) is 9.43. The molecule has 1 saturated heterocycles. The first kappa shape index (κ1) is 14.6. The summed E-state index contributed by atoms with van der Waals surface area (Å²) >= 11 is 0. The van der Waals surface area contributed by atoms with E-state index in [1.807, 2.05) is 35.2 Å². The number of hydrogen-bond acceptors (Lipinski definition) is 4. The van der Waals surface area contributed by atoms with Gasteiger partial charge >= 0.3 is 0 Å². The standard InChI is InChI=1S/C16H20N4O2/c1-19-7-9-20(10-8-19)16(21)15-11-14(17-18-15)12-3-5-13(22-2)6-4-12/h3-6,11H,7-10H2,1-2H3,(H,17,18). The number of piperazine rings is 1. The fourth-order valence-electron chi connectivity index (χ4n) is 2.52. The van der Waals surface area contributed by atoms with E-state index in [1.54, 1.807) is 7.11 Å². The summed E-state index contributed by atoms with van der Waals surface area (Å²) < 4.78 is 5.14. The zero-order valence-electron chi connectivity index (χ0n) is 12.9. The van der Waals surface area contributed by atoms with Crippen molar-refractivity contribution in [1.82, 2.24) is 20.0 Å². The maximum absolute atomic E-state index is 12.5. The Kier molecular flexibility index (Phi) is 4.11. The van der Waals surface area contributed by atoms with Gasteiger partial charge in [-0.3, -0.25) is 9.89 Å². The molecule has 116 valence electrons. The molecule has 0 aliphatic carbocycles. The van der Waals surface area contributed by atoms with Gasteiger partial charge in [-0.2, -0.15) is 5.10 Å². The first-order valence-corrected chi connectivity index (χ1v) is 7.35. The van der Waals surface area contributed by atoms with Gasteiger partial charge in [0.1, 0.15) is 11.4 Å². The van der Waals surface area contributed by atoms with Gasteiger partial charge in [0.15, 0.2) is 0 Å². The molecule has 1 fully saturated rings. The molecule has 0 saturated carbocycles. The Morgan fingerprint density at radius 1 is 1.18 bits per heavy atom. The van der Waals surface area contributed by atoms with Gasteiger partial charge in [-0.15, -0.1) is 0 Å². The van der Waals surface area contributed by atoms with Crippen LogP contribution < -0.4 is 4.74 Å². The summed E-state index contributed by atoms with van der Waals surface area (Å²) in [6.45, 7) is 3.33. The summed E-state index contributed by atoms with van der Waals surface area (Å²) in [5, 5.41) is 7.10. The average Bonchev–Trinajstić information content (AvgIpc) is 3.05. The van der Waals surface area contributed by atoms with Crippen LogP contribution in [0.15, 0.2) is 30.3 Å². The second kappa shape index (κ2) is 6.19. The second-order valence-corrected chi connectivity index (χ2v) is 5.49. The molecule has 2 aromatic rings. The third kappa shape index (κ3) is 2.96. The van der Waals surface area contributed by atoms with Gasteiger partial charge in [0.05, 0.1) is 12.8 Å². The van der Waals surface area contributed by atoms with Crippen molar-refractivity contribution in [2.24, 2.45) is 0 Å². The lowest BCUT2D eigenvalue weighted by Gasteiger charge is -2.31. The Morgan fingerprint density at radius 2 is 1.86 bits per heavy atom. The zero-order valence-corrected chi connectivity index (χ0v) is 12.9. The maximum Gasteiger partial charge on any atom is 0.271 e. The minimum Gasteiger partial charge on any atom is -0.497 e. The number of carbonyl (C=O) groups is 1. The summed E-state index contributed by atoms with van der Waals surface area (Å²) in [7, 11) is 3.70. The number of rotatable bonds is 3. The SMILES string of the molecule is COc1ccc(-c2cc(C(=O)N3CCN(C)CC3)[nH]n2)cc1. The topological polar surface area (TPSA) is 61.5 Å². The highest BCUT2D eigenvalue weighted by Gasteiger charge is 2.22. The third-order valence-electron chi connectivity index (χ3n) is 3.98. The molecule has 1 aliphatic heterocycles. The predicted octanol–water partition coefficient (Wildman–Crippen LogP) is 1.47.